The van der Waals surface area contributed by atoms with Gasteiger partial charge in [0.05, 0.1) is 25.4 Å². The molecule has 7 nitrogen and oxygen atoms in total. The molecule has 8 heteroatoms. The molecule has 0 fully saturated rings. The summed E-state index contributed by atoms with van der Waals surface area (Å²) in [5.41, 5.74) is 1.28. The van der Waals surface area contributed by atoms with Gasteiger partial charge in [0.1, 0.15) is 29.6 Å². The molecule has 0 unspecified atom stereocenters. The zero-order valence-electron chi connectivity index (χ0n) is 27.4. The molecule has 0 bridgehead atoms. The van der Waals surface area contributed by atoms with Crippen LogP contribution in [0.2, 0.25) is 0 Å². The van der Waals surface area contributed by atoms with Crippen molar-refractivity contribution in [3.63, 3.8) is 0 Å². The molecule has 0 aromatic heterocycles. The molecule has 0 saturated heterocycles. The van der Waals surface area contributed by atoms with Crippen LogP contribution in [-0.4, -0.2) is 36.4 Å². The Kier molecular flexibility index (Phi) is 22.8. The van der Waals surface area contributed by atoms with Gasteiger partial charge in [-0.25, -0.2) is 4.79 Å². The van der Waals surface area contributed by atoms with Crippen molar-refractivity contribution in [1.82, 2.24) is 0 Å². The standard InChI is InChI=1S/C37H50O6.Na.H2O/c1-2-3-4-5-6-7-8-9-10-11-12-16-24-41-35-27-32(37(38)39)28-36(29-35)42-26-17-25-40-33-20-22-34(23-21-33)43-30-31-18-14-13-15-19-31;;/h13-15,18-23,27-29H,2-12,16-17,24-26,30H2,1H3,(H,38,39);;1H2/q;+1;/p-1. The van der Waals surface area contributed by atoms with Crippen LogP contribution in [0.4, 0.5) is 0 Å². The van der Waals surface area contributed by atoms with Gasteiger partial charge >= 0.3 is 35.5 Å². The Morgan fingerprint density at radius 3 is 1.51 bits per heavy atom. The Morgan fingerprint density at radius 2 is 1.00 bits per heavy atom. The summed E-state index contributed by atoms with van der Waals surface area (Å²) >= 11 is 0. The molecule has 0 aliphatic heterocycles. The molecule has 0 radical (unpaired) electrons. The number of carbonyl (C=O) groups is 1. The number of aromatic carboxylic acids is 1. The van der Waals surface area contributed by atoms with Gasteiger partial charge < -0.3 is 29.5 Å². The Balaban J connectivity index is 0.00000506. The zero-order valence-corrected chi connectivity index (χ0v) is 29.4. The third-order valence-electron chi connectivity index (χ3n) is 7.29. The minimum atomic E-state index is -1.000. The van der Waals surface area contributed by atoms with E-state index in [0.29, 0.717) is 44.3 Å². The molecule has 0 spiro atoms. The van der Waals surface area contributed by atoms with E-state index < -0.39 is 5.97 Å². The van der Waals surface area contributed by atoms with E-state index in [-0.39, 0.29) is 40.6 Å². The Hall–Kier alpha value is -2.71. The first-order chi connectivity index (χ1) is 21.1. The van der Waals surface area contributed by atoms with E-state index >= 15 is 0 Å². The second-order valence-electron chi connectivity index (χ2n) is 11.0. The molecule has 242 valence electrons. The number of hydrogen-bond acceptors (Lipinski definition) is 6. The van der Waals surface area contributed by atoms with Crippen molar-refractivity contribution >= 4 is 5.97 Å². The Bertz CT molecular complexity index is 1160. The fraction of sp³-hybridized carbons (Fsp3) is 0.486. The van der Waals surface area contributed by atoms with Crippen LogP contribution in [0.1, 0.15) is 106 Å². The van der Waals surface area contributed by atoms with Crippen LogP contribution in [0.3, 0.4) is 0 Å². The van der Waals surface area contributed by atoms with Crippen molar-refractivity contribution in [3.05, 3.63) is 83.9 Å². The summed E-state index contributed by atoms with van der Waals surface area (Å²) in [5, 5.41) is 9.52. The summed E-state index contributed by atoms with van der Waals surface area (Å²) in [5.74, 6) is 1.57. The molecule has 3 rings (SSSR count). The number of ether oxygens (including phenoxy) is 4. The van der Waals surface area contributed by atoms with Crippen molar-refractivity contribution in [2.24, 2.45) is 0 Å². The van der Waals surface area contributed by atoms with Gasteiger partial charge in [0.2, 0.25) is 0 Å². The summed E-state index contributed by atoms with van der Waals surface area (Å²) in [6, 6.07) is 22.5. The summed E-state index contributed by atoms with van der Waals surface area (Å²) in [7, 11) is 0. The van der Waals surface area contributed by atoms with E-state index in [0.717, 1.165) is 29.9 Å². The predicted molar refractivity (Wildman–Crippen MR) is 175 cm³/mol. The number of hydrogen-bond donors (Lipinski definition) is 1. The van der Waals surface area contributed by atoms with Crippen LogP contribution in [0, 0.1) is 0 Å². The second kappa shape index (κ2) is 25.5. The topological polar surface area (TPSA) is 104 Å². The molecule has 45 heavy (non-hydrogen) atoms. The van der Waals surface area contributed by atoms with Crippen LogP contribution in [-0.2, 0) is 6.61 Å². The third kappa shape index (κ3) is 18.1. The van der Waals surface area contributed by atoms with Gasteiger partial charge in [0.15, 0.2) is 0 Å². The molecule has 3 aromatic rings. The van der Waals surface area contributed by atoms with Gasteiger partial charge in [-0.05, 0) is 48.4 Å². The van der Waals surface area contributed by atoms with Crippen molar-refractivity contribution < 1.29 is 63.9 Å². The van der Waals surface area contributed by atoms with Crippen molar-refractivity contribution in [3.8, 4) is 23.0 Å². The number of carboxylic acid groups (broad SMARTS) is 1. The number of rotatable bonds is 24. The monoisotopic (exact) mass is 630 g/mol. The molecule has 3 aromatic carbocycles. The Morgan fingerprint density at radius 1 is 0.556 bits per heavy atom. The van der Waals surface area contributed by atoms with E-state index in [9.17, 15) is 9.90 Å². The number of carboxylic acids is 1. The average molecular weight is 631 g/mol. The van der Waals surface area contributed by atoms with Gasteiger partial charge in [-0.1, -0.05) is 108 Å². The van der Waals surface area contributed by atoms with Crippen LogP contribution in [0.15, 0.2) is 72.8 Å². The summed E-state index contributed by atoms with van der Waals surface area (Å²) in [6.45, 7) is 4.23. The van der Waals surface area contributed by atoms with Crippen molar-refractivity contribution in [2.45, 2.75) is 97.0 Å². The summed E-state index contributed by atoms with van der Waals surface area (Å²) in [6.07, 6.45) is 16.1. The molecule has 0 heterocycles. The fourth-order valence-corrected chi connectivity index (χ4v) is 4.81. The quantitative estimate of drug-likeness (QED) is 0.0866. The first kappa shape index (κ1) is 40.3. The summed E-state index contributed by atoms with van der Waals surface area (Å²) in [4.78, 5) is 11.6. The first-order valence-corrected chi connectivity index (χ1v) is 16.2. The maximum atomic E-state index is 11.6. The van der Waals surface area contributed by atoms with Gasteiger partial charge in [0, 0.05) is 12.5 Å². The minimum Gasteiger partial charge on any atom is -0.870 e. The summed E-state index contributed by atoms with van der Waals surface area (Å²) < 4.78 is 23.4. The van der Waals surface area contributed by atoms with Gasteiger partial charge in [-0.3, -0.25) is 0 Å². The first-order valence-electron chi connectivity index (χ1n) is 16.2. The van der Waals surface area contributed by atoms with Crippen molar-refractivity contribution in [2.75, 3.05) is 19.8 Å². The molecule has 0 amide bonds. The Labute approximate surface area is 292 Å². The second-order valence-corrected chi connectivity index (χ2v) is 11.0. The van der Waals surface area contributed by atoms with E-state index in [1.807, 2.05) is 54.6 Å². The SMILES string of the molecule is CCCCCCCCCCCCCCOc1cc(OCCCOc2ccc(OCc3ccccc3)cc2)cc(C(=O)O)c1.[Na+].[OH-]. The normalized spacial score (nSPS) is 10.3. The van der Waals surface area contributed by atoms with Crippen LogP contribution in [0.5, 0.6) is 23.0 Å². The van der Waals surface area contributed by atoms with E-state index in [4.69, 9.17) is 18.9 Å². The predicted octanol–water partition coefficient (Wildman–Crippen LogP) is 6.72. The number of benzene rings is 3. The largest absolute Gasteiger partial charge is 1.00 e. The third-order valence-corrected chi connectivity index (χ3v) is 7.29. The maximum Gasteiger partial charge on any atom is 1.00 e. The minimum absolute atomic E-state index is 0. The van der Waals surface area contributed by atoms with Crippen LogP contribution < -0.4 is 48.5 Å². The molecular weight excluding hydrogens is 579 g/mol. The van der Waals surface area contributed by atoms with Gasteiger partial charge in [0.25, 0.3) is 0 Å². The molecule has 0 aliphatic carbocycles. The van der Waals surface area contributed by atoms with E-state index in [2.05, 4.69) is 6.92 Å². The van der Waals surface area contributed by atoms with E-state index in [1.165, 1.54) is 70.3 Å². The van der Waals surface area contributed by atoms with Gasteiger partial charge in [-0.15, -0.1) is 0 Å². The molecular formula is C37H51NaO7. The average Bonchev–Trinajstić information content (AvgIpc) is 3.03. The van der Waals surface area contributed by atoms with Crippen molar-refractivity contribution in [1.29, 1.82) is 0 Å². The van der Waals surface area contributed by atoms with Crippen LogP contribution >= 0.6 is 0 Å². The fourth-order valence-electron chi connectivity index (χ4n) is 4.81. The number of unbranched alkanes of at least 4 members (excludes halogenated alkanes) is 11. The van der Waals surface area contributed by atoms with Gasteiger partial charge in [-0.2, -0.15) is 0 Å². The zero-order chi connectivity index (χ0) is 30.4. The smallest absolute Gasteiger partial charge is 0.870 e. The molecule has 2 N–H and O–H groups in total. The molecule has 0 saturated carbocycles. The molecule has 0 atom stereocenters. The molecule has 0 aliphatic rings. The maximum absolute atomic E-state index is 11.6. The van der Waals surface area contributed by atoms with Crippen LogP contribution in [0.25, 0.3) is 0 Å². The van der Waals surface area contributed by atoms with E-state index in [1.54, 1.807) is 12.1 Å².